The molecule has 3 aliphatic rings. The van der Waals surface area contributed by atoms with Gasteiger partial charge in [0.15, 0.2) is 0 Å². The first-order chi connectivity index (χ1) is 11.9. The molecule has 0 aromatic heterocycles. The van der Waals surface area contributed by atoms with E-state index in [-0.39, 0.29) is 30.1 Å². The Labute approximate surface area is 155 Å². The Morgan fingerprint density at radius 2 is 1.54 bits per heavy atom. The summed E-state index contributed by atoms with van der Waals surface area (Å²) in [5, 5.41) is 64.3. The van der Waals surface area contributed by atoms with Crippen LogP contribution in [0.15, 0.2) is 11.6 Å². The Kier molecular flexibility index (Phi) is 4.87. The maximum Gasteiger partial charge on any atom is 0.110 e. The molecular formula is C20H34O6. The molecule has 6 heteroatoms. The molecule has 2 saturated carbocycles. The van der Waals surface area contributed by atoms with Gasteiger partial charge in [0.2, 0.25) is 0 Å². The van der Waals surface area contributed by atoms with Gasteiger partial charge in [0.1, 0.15) is 12.2 Å². The molecule has 0 aromatic rings. The van der Waals surface area contributed by atoms with Crippen LogP contribution in [0, 0.1) is 34.5 Å². The summed E-state index contributed by atoms with van der Waals surface area (Å²) in [6.07, 6.45) is -4.65. The highest BCUT2D eigenvalue weighted by atomic mass is 16.4. The van der Waals surface area contributed by atoms with Crippen molar-refractivity contribution in [3.8, 4) is 0 Å². The maximum atomic E-state index is 11.0. The van der Waals surface area contributed by atoms with Crippen molar-refractivity contribution in [2.45, 2.75) is 77.7 Å². The SMILES string of the molecule is CC1=CC2C3C(C(C)C)C(O)C(O)C3(C)C(O)CC2(C)C(O)C(O)C1O. The van der Waals surface area contributed by atoms with Crippen molar-refractivity contribution in [1.29, 1.82) is 0 Å². The highest BCUT2D eigenvalue weighted by Crippen LogP contribution is 2.65. The van der Waals surface area contributed by atoms with Crippen molar-refractivity contribution >= 4 is 0 Å². The first-order valence-corrected chi connectivity index (χ1v) is 9.65. The summed E-state index contributed by atoms with van der Waals surface area (Å²) in [6.45, 7) is 9.33. The van der Waals surface area contributed by atoms with E-state index in [4.69, 9.17) is 0 Å². The zero-order chi connectivity index (χ0) is 19.8. The standard InChI is InChI=1S/C20H34O6/c1-8(2)12-13-10-6-9(3)14(22)16(24)17(25)19(10,4)7-11(21)20(13,5)18(26)15(12)23/h6,8,10-18,21-26H,7H2,1-5H3. The van der Waals surface area contributed by atoms with Gasteiger partial charge in [-0.2, -0.15) is 0 Å². The Hall–Kier alpha value is -0.500. The minimum Gasteiger partial charge on any atom is -0.392 e. The van der Waals surface area contributed by atoms with Gasteiger partial charge in [0.05, 0.1) is 24.4 Å². The summed E-state index contributed by atoms with van der Waals surface area (Å²) in [6, 6.07) is 0. The molecule has 0 radical (unpaired) electrons. The second kappa shape index (κ2) is 6.26. The van der Waals surface area contributed by atoms with Crippen LogP contribution in [0.4, 0.5) is 0 Å². The molecule has 0 heterocycles. The number of allylic oxidation sites excluding steroid dienone is 1. The summed E-state index contributed by atoms with van der Waals surface area (Å²) in [5.41, 5.74) is -1.23. The van der Waals surface area contributed by atoms with Crippen LogP contribution in [0.1, 0.15) is 41.0 Å². The minimum absolute atomic E-state index is 0.0602. The molecule has 6 N–H and O–H groups in total. The quantitative estimate of drug-likeness (QED) is 0.363. The third-order valence-corrected chi connectivity index (χ3v) is 7.99. The van der Waals surface area contributed by atoms with Gasteiger partial charge < -0.3 is 30.6 Å². The van der Waals surface area contributed by atoms with Gasteiger partial charge in [-0.25, -0.2) is 0 Å². The molecule has 6 nitrogen and oxygen atoms in total. The van der Waals surface area contributed by atoms with Crippen LogP contribution in [0.3, 0.4) is 0 Å². The monoisotopic (exact) mass is 370 g/mol. The van der Waals surface area contributed by atoms with Gasteiger partial charge in [0.25, 0.3) is 0 Å². The number of hydrogen-bond acceptors (Lipinski definition) is 6. The molecule has 0 aliphatic heterocycles. The summed E-state index contributed by atoms with van der Waals surface area (Å²) in [7, 11) is 0. The summed E-state index contributed by atoms with van der Waals surface area (Å²) >= 11 is 0. The molecule has 0 bridgehead atoms. The van der Waals surface area contributed by atoms with E-state index in [1.807, 2.05) is 33.8 Å². The molecule has 26 heavy (non-hydrogen) atoms. The van der Waals surface area contributed by atoms with Crippen LogP contribution in [0.2, 0.25) is 0 Å². The Morgan fingerprint density at radius 1 is 0.962 bits per heavy atom. The lowest BCUT2D eigenvalue weighted by molar-refractivity contribution is -0.193. The van der Waals surface area contributed by atoms with E-state index in [2.05, 4.69) is 0 Å². The summed E-state index contributed by atoms with van der Waals surface area (Å²) < 4.78 is 0. The fourth-order valence-corrected chi connectivity index (χ4v) is 6.27. The van der Waals surface area contributed by atoms with Crippen LogP contribution in [0.25, 0.3) is 0 Å². The van der Waals surface area contributed by atoms with Crippen molar-refractivity contribution in [3.63, 3.8) is 0 Å². The van der Waals surface area contributed by atoms with Gasteiger partial charge in [0, 0.05) is 10.8 Å². The smallest absolute Gasteiger partial charge is 0.110 e. The van der Waals surface area contributed by atoms with E-state index in [0.29, 0.717) is 5.57 Å². The number of hydrogen-bond donors (Lipinski definition) is 6. The van der Waals surface area contributed by atoms with Crippen molar-refractivity contribution < 1.29 is 30.6 Å². The van der Waals surface area contributed by atoms with E-state index in [9.17, 15) is 30.6 Å². The Bertz CT molecular complexity index is 591. The third kappa shape index (κ3) is 2.39. The highest BCUT2D eigenvalue weighted by molar-refractivity contribution is 5.26. The lowest BCUT2D eigenvalue weighted by Gasteiger charge is -2.57. The topological polar surface area (TPSA) is 121 Å². The molecule has 3 aliphatic carbocycles. The average Bonchev–Trinajstić information content (AvgIpc) is 2.75. The van der Waals surface area contributed by atoms with Crippen LogP contribution in [-0.4, -0.2) is 67.3 Å². The molecule has 11 unspecified atom stereocenters. The Balaban J connectivity index is 2.21. The lowest BCUT2D eigenvalue weighted by Crippen LogP contribution is -2.61. The predicted octanol–water partition coefficient (Wildman–Crippen LogP) is 0.0462. The summed E-state index contributed by atoms with van der Waals surface area (Å²) in [5.74, 6) is -0.789. The van der Waals surface area contributed by atoms with E-state index in [0.717, 1.165) is 0 Å². The van der Waals surface area contributed by atoms with Gasteiger partial charge in [-0.1, -0.05) is 33.8 Å². The van der Waals surface area contributed by atoms with E-state index < -0.39 is 47.5 Å². The molecule has 150 valence electrons. The van der Waals surface area contributed by atoms with E-state index >= 15 is 0 Å². The molecule has 2 fully saturated rings. The van der Waals surface area contributed by atoms with E-state index in [1.54, 1.807) is 6.92 Å². The van der Waals surface area contributed by atoms with Crippen LogP contribution >= 0.6 is 0 Å². The van der Waals surface area contributed by atoms with Crippen molar-refractivity contribution in [3.05, 3.63) is 11.6 Å². The fourth-order valence-electron chi connectivity index (χ4n) is 6.27. The zero-order valence-corrected chi connectivity index (χ0v) is 16.2. The maximum absolute atomic E-state index is 11.0. The lowest BCUT2D eigenvalue weighted by atomic mass is 9.49. The van der Waals surface area contributed by atoms with Crippen molar-refractivity contribution in [1.82, 2.24) is 0 Å². The first-order valence-electron chi connectivity index (χ1n) is 9.65. The average molecular weight is 370 g/mol. The molecule has 0 aromatic carbocycles. The van der Waals surface area contributed by atoms with Crippen LogP contribution < -0.4 is 0 Å². The normalized spacial score (nSPS) is 57.4. The number of rotatable bonds is 1. The zero-order valence-electron chi connectivity index (χ0n) is 16.2. The van der Waals surface area contributed by atoms with Gasteiger partial charge in [-0.15, -0.1) is 0 Å². The van der Waals surface area contributed by atoms with Crippen LogP contribution in [0.5, 0.6) is 0 Å². The Morgan fingerprint density at radius 3 is 2.08 bits per heavy atom. The molecule has 11 atom stereocenters. The summed E-state index contributed by atoms with van der Waals surface area (Å²) in [4.78, 5) is 0. The van der Waals surface area contributed by atoms with Gasteiger partial charge >= 0.3 is 0 Å². The molecule has 0 spiro atoms. The fraction of sp³-hybridized carbons (Fsp3) is 0.900. The van der Waals surface area contributed by atoms with Gasteiger partial charge in [-0.05, 0) is 42.6 Å². The van der Waals surface area contributed by atoms with Gasteiger partial charge in [-0.3, -0.25) is 0 Å². The minimum atomic E-state index is -1.34. The van der Waals surface area contributed by atoms with Crippen molar-refractivity contribution in [2.24, 2.45) is 34.5 Å². The molecule has 0 amide bonds. The van der Waals surface area contributed by atoms with E-state index in [1.165, 1.54) is 0 Å². The highest BCUT2D eigenvalue weighted by Gasteiger charge is 2.69. The number of fused-ring (bicyclic) bond motifs is 3. The predicted molar refractivity (Wildman–Crippen MR) is 95.9 cm³/mol. The van der Waals surface area contributed by atoms with Crippen LogP contribution in [-0.2, 0) is 0 Å². The molecule has 3 rings (SSSR count). The molecule has 0 saturated heterocycles. The third-order valence-electron chi connectivity index (χ3n) is 7.99. The second-order valence-electron chi connectivity index (χ2n) is 9.69. The second-order valence-corrected chi connectivity index (χ2v) is 9.69. The largest absolute Gasteiger partial charge is 0.392 e. The van der Waals surface area contributed by atoms with Crippen molar-refractivity contribution in [2.75, 3.05) is 0 Å². The molecular weight excluding hydrogens is 336 g/mol. The first kappa shape index (κ1) is 20.2. The number of aliphatic hydroxyl groups is 6. The number of aliphatic hydroxyl groups excluding tert-OH is 6.